The van der Waals surface area contributed by atoms with Gasteiger partial charge in [-0.1, -0.05) is 54.1 Å². The quantitative estimate of drug-likeness (QED) is 0.0744. The molecule has 1 aromatic heterocycles. The number of hydrogen-bond donors (Lipinski definition) is 3. The number of nitrogens with one attached hydrogen (secondary N) is 3. The largest absolute Gasteiger partial charge is 0.479 e. The van der Waals surface area contributed by atoms with E-state index in [1.165, 1.54) is 9.21 Å². The first-order valence-electron chi connectivity index (χ1n) is 25.1. The second-order valence-electron chi connectivity index (χ2n) is 21.4. The Hall–Kier alpha value is -6.54. The van der Waals surface area contributed by atoms with E-state index in [1.807, 2.05) is 48.5 Å². The van der Waals surface area contributed by atoms with Gasteiger partial charge in [0.25, 0.3) is 5.91 Å². The Morgan fingerprint density at radius 1 is 0.813 bits per heavy atom. The number of carbonyl (C=O) groups is 6. The Morgan fingerprint density at radius 3 is 2.21 bits per heavy atom. The fraction of sp³-hybridized carbons (Fsp3) is 0.418. The SMILES string of the molecule is CC(C)(C)OC(=O)COc1c(C(=O)OC(C)(C)C)sc(-c2cccc(NC3CCN(S(=O)(=O)Cc4cccc(NC(=O)N5CCC(c6ccc7c8c(cccc68)C(=O)N7C6CCC(=O)NC6=O)CC5)c4)CC3)c2)c1Cl. The highest BCUT2D eigenvalue weighted by molar-refractivity contribution is 7.88. The zero-order chi connectivity index (χ0) is 53.6. The van der Waals surface area contributed by atoms with E-state index in [1.54, 1.807) is 76.8 Å². The maximum atomic E-state index is 13.8. The van der Waals surface area contributed by atoms with E-state index in [2.05, 4.69) is 16.0 Å². The van der Waals surface area contributed by atoms with Crippen LogP contribution in [0.15, 0.2) is 78.9 Å². The minimum Gasteiger partial charge on any atom is -0.479 e. The molecule has 75 heavy (non-hydrogen) atoms. The Bertz CT molecular complexity index is 3200. The van der Waals surface area contributed by atoms with Crippen LogP contribution < -0.4 is 25.6 Å². The highest BCUT2D eigenvalue weighted by Crippen LogP contribution is 2.47. The van der Waals surface area contributed by atoms with Crippen LogP contribution in [0.5, 0.6) is 5.75 Å². The maximum Gasteiger partial charge on any atom is 0.352 e. The first-order chi connectivity index (χ1) is 35.5. The number of sulfonamides is 1. The third kappa shape index (κ3) is 12.0. The molecule has 4 aliphatic rings. The molecule has 396 valence electrons. The maximum absolute atomic E-state index is 13.8. The van der Waals surface area contributed by atoms with Gasteiger partial charge in [-0.05, 0) is 138 Å². The smallest absolute Gasteiger partial charge is 0.352 e. The van der Waals surface area contributed by atoms with Crippen LogP contribution in [0.1, 0.15) is 117 Å². The predicted octanol–water partition coefficient (Wildman–Crippen LogP) is 9.48. The molecule has 3 saturated heterocycles. The van der Waals surface area contributed by atoms with Gasteiger partial charge in [-0.15, -0.1) is 11.3 Å². The number of piperidine rings is 3. The number of urea groups is 1. The molecule has 5 amide bonds. The van der Waals surface area contributed by atoms with E-state index in [4.69, 9.17) is 25.8 Å². The number of nitrogens with zero attached hydrogens (tertiary/aromatic N) is 3. The molecule has 20 heteroatoms. The van der Waals surface area contributed by atoms with Crippen molar-refractivity contribution in [2.75, 3.05) is 48.3 Å². The summed E-state index contributed by atoms with van der Waals surface area (Å²) in [6, 6.07) is 22.9. The third-order valence-corrected chi connectivity index (χ3v) is 17.0. The number of halogens is 1. The molecule has 3 N–H and O–H groups in total. The first kappa shape index (κ1) is 53.3. The van der Waals surface area contributed by atoms with Gasteiger partial charge in [0.2, 0.25) is 21.8 Å². The molecule has 3 fully saturated rings. The molecule has 5 heterocycles. The fourth-order valence-electron chi connectivity index (χ4n) is 10.2. The minimum atomic E-state index is -3.71. The average molecular weight is 1080 g/mol. The Balaban J connectivity index is 0.780. The molecule has 0 aliphatic carbocycles. The van der Waals surface area contributed by atoms with Crippen molar-refractivity contribution in [3.63, 3.8) is 0 Å². The number of anilines is 3. The van der Waals surface area contributed by atoms with Crippen LogP contribution in [0.4, 0.5) is 21.9 Å². The van der Waals surface area contributed by atoms with Gasteiger partial charge >= 0.3 is 18.0 Å². The number of esters is 2. The lowest BCUT2D eigenvalue weighted by molar-refractivity contribution is -0.157. The molecule has 0 spiro atoms. The van der Waals surface area contributed by atoms with E-state index < -0.39 is 51.7 Å². The van der Waals surface area contributed by atoms with Crippen LogP contribution >= 0.6 is 22.9 Å². The van der Waals surface area contributed by atoms with Gasteiger partial charge in [-0.3, -0.25) is 24.6 Å². The molecule has 0 radical (unpaired) electrons. The fourth-order valence-corrected chi connectivity index (χ4v) is 13.2. The number of ether oxygens (including phenoxy) is 3. The van der Waals surface area contributed by atoms with E-state index in [9.17, 15) is 37.2 Å². The van der Waals surface area contributed by atoms with Crippen molar-refractivity contribution < 1.29 is 51.4 Å². The van der Waals surface area contributed by atoms with Gasteiger partial charge < -0.3 is 29.7 Å². The number of carbonyl (C=O) groups excluding carboxylic acids is 6. The average Bonchev–Trinajstić information content (AvgIpc) is 3.84. The molecule has 1 atom stereocenters. The summed E-state index contributed by atoms with van der Waals surface area (Å²) in [7, 11) is -3.71. The van der Waals surface area contributed by atoms with Crippen molar-refractivity contribution in [3.05, 3.63) is 105 Å². The molecule has 17 nitrogen and oxygen atoms in total. The highest BCUT2D eigenvalue weighted by atomic mass is 35.5. The van der Waals surface area contributed by atoms with Crippen molar-refractivity contribution in [3.8, 4) is 16.2 Å². The van der Waals surface area contributed by atoms with Gasteiger partial charge in [0.05, 0.1) is 16.3 Å². The van der Waals surface area contributed by atoms with Crippen LogP contribution in [0, 0.1) is 0 Å². The number of rotatable bonds is 13. The summed E-state index contributed by atoms with van der Waals surface area (Å²) < 4.78 is 46.0. The lowest BCUT2D eigenvalue weighted by Crippen LogP contribution is -2.53. The van der Waals surface area contributed by atoms with Crippen molar-refractivity contribution in [2.24, 2.45) is 0 Å². The minimum absolute atomic E-state index is 0.0326. The van der Waals surface area contributed by atoms with Gasteiger partial charge in [-0.25, -0.2) is 27.1 Å². The first-order valence-corrected chi connectivity index (χ1v) is 27.9. The highest BCUT2D eigenvalue weighted by Gasteiger charge is 2.42. The van der Waals surface area contributed by atoms with E-state index in [0.29, 0.717) is 84.8 Å². The van der Waals surface area contributed by atoms with Crippen molar-refractivity contribution >= 4 is 96.5 Å². The third-order valence-electron chi connectivity index (χ3n) is 13.5. The van der Waals surface area contributed by atoms with Crippen LogP contribution in [-0.4, -0.2) is 109 Å². The molecule has 5 aromatic rings. The normalized spacial score (nSPS) is 18.0. The van der Waals surface area contributed by atoms with Crippen molar-refractivity contribution in [1.82, 2.24) is 14.5 Å². The second kappa shape index (κ2) is 21.2. The van der Waals surface area contributed by atoms with Crippen LogP contribution in [0.25, 0.3) is 21.2 Å². The molecular weight excluding hydrogens is 1020 g/mol. The standard InChI is InChI=1S/C55H61ClN6O11S2/c1-54(2,3)72-44(64)30-71-47-46(56)48(74-49(47)52(67)73-55(4,5)6)34-11-8-13-37(29-34)57-35-22-26-61(27-23-35)75(69,70)31-32-10-7-12-36(28-32)58-53(68)60-24-20-33(21-25-60)38-16-17-41-45-39(38)14-9-15-40(45)51(66)62(41)42-18-19-43(63)59-50(42)65/h7-17,28-29,33,35,42,57H,18-27,30-31H2,1-6H3,(H,58,68)(H,59,63,65). The Kier molecular flexibility index (Phi) is 15.1. The summed E-state index contributed by atoms with van der Waals surface area (Å²) >= 11 is 7.99. The number of thiophene rings is 1. The van der Waals surface area contributed by atoms with Gasteiger partial charge in [-0.2, -0.15) is 0 Å². The molecule has 1 unspecified atom stereocenters. The zero-order valence-corrected chi connectivity index (χ0v) is 45.1. The molecule has 4 aliphatic heterocycles. The van der Waals surface area contributed by atoms with Crippen LogP contribution in [0.2, 0.25) is 5.02 Å². The molecule has 0 saturated carbocycles. The summed E-state index contributed by atoms with van der Waals surface area (Å²) in [5, 5.41) is 10.8. The number of benzene rings is 4. The molecular formula is C55H61ClN6O11S2. The summed E-state index contributed by atoms with van der Waals surface area (Å²) in [6.45, 7) is 11.6. The topological polar surface area (TPSA) is 210 Å². The van der Waals surface area contributed by atoms with Gasteiger partial charge in [0.15, 0.2) is 17.2 Å². The van der Waals surface area contributed by atoms with Crippen LogP contribution in [0.3, 0.4) is 0 Å². The molecule has 4 aromatic carbocycles. The van der Waals surface area contributed by atoms with E-state index in [0.717, 1.165) is 33.4 Å². The predicted molar refractivity (Wildman–Crippen MR) is 288 cm³/mol. The molecule has 0 bridgehead atoms. The number of hydrogen-bond acceptors (Lipinski definition) is 13. The monoisotopic (exact) mass is 1080 g/mol. The van der Waals surface area contributed by atoms with Gasteiger partial charge in [0.1, 0.15) is 22.3 Å². The Morgan fingerprint density at radius 2 is 1.51 bits per heavy atom. The summed E-state index contributed by atoms with van der Waals surface area (Å²) in [5.74, 6) is -2.41. The number of amides is 5. The van der Waals surface area contributed by atoms with E-state index >= 15 is 0 Å². The van der Waals surface area contributed by atoms with Crippen molar-refractivity contribution in [2.45, 2.75) is 115 Å². The van der Waals surface area contributed by atoms with Crippen molar-refractivity contribution in [1.29, 1.82) is 0 Å². The second-order valence-corrected chi connectivity index (χ2v) is 24.7. The summed E-state index contributed by atoms with van der Waals surface area (Å²) in [4.78, 5) is 81.8. The van der Waals surface area contributed by atoms with Crippen LogP contribution in [-0.2, 0) is 39.6 Å². The lowest BCUT2D eigenvalue weighted by Gasteiger charge is -2.33. The van der Waals surface area contributed by atoms with Gasteiger partial charge in [0, 0.05) is 61.0 Å². The Labute approximate surface area is 445 Å². The molecule has 9 rings (SSSR count). The summed E-state index contributed by atoms with van der Waals surface area (Å²) in [5.41, 5.74) is 3.24. The number of likely N-dealkylation sites (tertiary alicyclic amines) is 1. The lowest BCUT2D eigenvalue weighted by atomic mass is 9.85. The summed E-state index contributed by atoms with van der Waals surface area (Å²) in [6.07, 6.45) is 2.89. The van der Waals surface area contributed by atoms with E-state index in [-0.39, 0.29) is 64.0 Å². The number of imide groups is 1. The zero-order valence-electron chi connectivity index (χ0n) is 42.7.